The molecule has 0 fully saturated rings. The van der Waals surface area contributed by atoms with Crippen LogP contribution in [0.2, 0.25) is 0 Å². The van der Waals surface area contributed by atoms with Crippen LogP contribution in [0.25, 0.3) is 60.1 Å². The Morgan fingerprint density at radius 1 is 0.551 bits per heavy atom. The Hall–Kier alpha value is -5.46. The van der Waals surface area contributed by atoms with E-state index < -0.39 is 0 Å². The van der Waals surface area contributed by atoms with E-state index in [1.165, 1.54) is 85.0 Å². The summed E-state index contributed by atoms with van der Waals surface area (Å²) in [6, 6.07) is 52.2. The highest BCUT2D eigenvalue weighted by atomic mass is 14.2. The zero-order valence-electron chi connectivity index (χ0n) is 29.3. The Morgan fingerprint density at radius 3 is 1.57 bits per heavy atom. The van der Waals surface area contributed by atoms with Crippen molar-refractivity contribution in [3.8, 4) is 22.3 Å². The van der Waals surface area contributed by atoms with Crippen molar-refractivity contribution in [2.45, 2.75) is 47.0 Å². The number of hydrogen-bond acceptors (Lipinski definition) is 0. The number of rotatable bonds is 3. The first-order chi connectivity index (χ1) is 24.1. The van der Waals surface area contributed by atoms with Crippen molar-refractivity contribution in [3.63, 3.8) is 0 Å². The molecule has 0 saturated carbocycles. The predicted octanol–water partition coefficient (Wildman–Crippen LogP) is 14.6. The van der Waals surface area contributed by atoms with Crippen molar-refractivity contribution >= 4 is 37.9 Å². The molecule has 49 heavy (non-hydrogen) atoms. The van der Waals surface area contributed by atoms with Gasteiger partial charge in [0.2, 0.25) is 0 Å². The van der Waals surface area contributed by atoms with Crippen molar-refractivity contribution in [2.75, 3.05) is 0 Å². The molecule has 0 atom stereocenters. The zero-order valence-corrected chi connectivity index (χ0v) is 29.3. The molecule has 242 valence electrons. The monoisotopic (exact) mass is 634 g/mol. The molecular formula is C49H46. The molecule has 0 saturated heterocycles. The van der Waals surface area contributed by atoms with Crippen LogP contribution in [-0.4, -0.2) is 0 Å². The fourth-order valence-corrected chi connectivity index (χ4v) is 6.63. The summed E-state index contributed by atoms with van der Waals surface area (Å²) in [6.45, 7) is 12.0. The molecule has 0 spiro atoms. The average molecular weight is 635 g/mol. The minimum atomic E-state index is 1.12. The minimum absolute atomic E-state index is 1.12. The van der Waals surface area contributed by atoms with E-state index in [4.69, 9.17) is 0 Å². The Kier molecular flexibility index (Phi) is 10.7. The minimum Gasteiger partial charge on any atom is -0.0955 e. The van der Waals surface area contributed by atoms with Crippen LogP contribution in [0.4, 0.5) is 0 Å². The lowest BCUT2D eigenvalue weighted by atomic mass is 9.85. The molecule has 2 aliphatic carbocycles. The van der Waals surface area contributed by atoms with E-state index in [9.17, 15) is 0 Å². The molecule has 2 aliphatic rings. The van der Waals surface area contributed by atoms with Gasteiger partial charge in [0, 0.05) is 0 Å². The van der Waals surface area contributed by atoms with Gasteiger partial charge in [-0.2, -0.15) is 0 Å². The molecule has 0 heterocycles. The lowest BCUT2D eigenvalue weighted by Crippen LogP contribution is -1.91. The highest BCUT2D eigenvalue weighted by molar-refractivity contribution is 6.21. The van der Waals surface area contributed by atoms with Gasteiger partial charge < -0.3 is 0 Å². The molecule has 0 bridgehead atoms. The Morgan fingerprint density at radius 2 is 1.06 bits per heavy atom. The van der Waals surface area contributed by atoms with E-state index in [2.05, 4.69) is 153 Å². The molecule has 0 N–H and O–H groups in total. The summed E-state index contributed by atoms with van der Waals surface area (Å²) in [5.41, 5.74) is 12.1. The lowest BCUT2D eigenvalue weighted by molar-refractivity contribution is 1.01. The van der Waals surface area contributed by atoms with Crippen LogP contribution < -0.4 is 0 Å². The fourth-order valence-electron chi connectivity index (χ4n) is 6.63. The maximum absolute atomic E-state index is 3.83. The first-order valence-corrected chi connectivity index (χ1v) is 17.6. The van der Waals surface area contributed by atoms with Gasteiger partial charge in [-0.15, -0.1) is 0 Å². The number of hydrogen-bond donors (Lipinski definition) is 0. The van der Waals surface area contributed by atoms with Gasteiger partial charge in [0.05, 0.1) is 0 Å². The summed E-state index contributed by atoms with van der Waals surface area (Å²) in [5, 5.41) is 7.74. The van der Waals surface area contributed by atoms with Gasteiger partial charge in [-0.3, -0.25) is 0 Å². The number of allylic oxidation sites excluding steroid dienone is 5. The van der Waals surface area contributed by atoms with Crippen LogP contribution in [0.15, 0.2) is 175 Å². The van der Waals surface area contributed by atoms with Crippen LogP contribution in [0.3, 0.4) is 0 Å². The zero-order chi connectivity index (χ0) is 34.2. The third-order valence-corrected chi connectivity index (χ3v) is 9.24. The normalized spacial score (nSPS) is 12.6. The van der Waals surface area contributed by atoms with Gasteiger partial charge in [-0.1, -0.05) is 189 Å². The third kappa shape index (κ3) is 7.66. The van der Waals surface area contributed by atoms with Crippen molar-refractivity contribution in [3.05, 3.63) is 187 Å². The van der Waals surface area contributed by atoms with E-state index in [0.29, 0.717) is 0 Å². The Bertz CT molecular complexity index is 2220. The number of fused-ring (bicyclic) bond motifs is 3. The molecule has 0 aromatic heterocycles. The molecule has 0 amide bonds. The second kappa shape index (κ2) is 15.6. The second-order valence-corrected chi connectivity index (χ2v) is 12.7. The molecule has 0 radical (unpaired) electrons. The van der Waals surface area contributed by atoms with Gasteiger partial charge in [0.15, 0.2) is 0 Å². The maximum atomic E-state index is 3.83. The van der Waals surface area contributed by atoms with Gasteiger partial charge in [-0.05, 0) is 105 Å². The summed E-state index contributed by atoms with van der Waals surface area (Å²) in [7, 11) is 0. The summed E-state index contributed by atoms with van der Waals surface area (Å²) >= 11 is 0. The standard InChI is InChI=1S/C31H22.C9H10.C7H8.C2H6/c1-21-14-16-23(17-15-21)30-26-10-4-6-12-28(26)31(29-13-7-5-11-27(29)30)25-19-18-22-8-2-3-9-24(22)20-25;1-8(2)9-6-4-3-5-7-9;1-2-4-7-5-6(7)3-1;1-2/h2-20H,1H3;3-7H,1H2,2H3;1,3H,2,4-5H2;1-2H3. The average Bonchev–Trinajstić information content (AvgIpc) is 3.96. The highest BCUT2D eigenvalue weighted by Crippen LogP contribution is 2.44. The molecule has 0 unspecified atom stereocenters. The van der Waals surface area contributed by atoms with Crippen molar-refractivity contribution in [2.24, 2.45) is 0 Å². The van der Waals surface area contributed by atoms with E-state index in [1.54, 1.807) is 11.1 Å². The maximum Gasteiger partial charge on any atom is -0.00262 e. The van der Waals surface area contributed by atoms with Crippen LogP contribution in [-0.2, 0) is 0 Å². The molecule has 7 aromatic carbocycles. The van der Waals surface area contributed by atoms with Crippen LogP contribution >= 0.6 is 0 Å². The topological polar surface area (TPSA) is 0 Å². The fraction of sp³-hybridized carbons (Fsp3) is 0.143. The quantitative estimate of drug-likeness (QED) is 0.170. The number of aryl methyl sites for hydroxylation is 1. The lowest BCUT2D eigenvalue weighted by Gasteiger charge is -2.18. The molecule has 0 nitrogen and oxygen atoms in total. The van der Waals surface area contributed by atoms with Gasteiger partial charge in [0.25, 0.3) is 0 Å². The molecule has 0 aliphatic heterocycles. The first kappa shape index (κ1) is 33.4. The Labute approximate surface area is 292 Å². The smallest absolute Gasteiger partial charge is 0.00262 e. The van der Waals surface area contributed by atoms with Gasteiger partial charge >= 0.3 is 0 Å². The second-order valence-electron chi connectivity index (χ2n) is 12.7. The van der Waals surface area contributed by atoms with Crippen LogP contribution in [0, 0.1) is 6.92 Å². The van der Waals surface area contributed by atoms with Crippen LogP contribution in [0.5, 0.6) is 0 Å². The summed E-state index contributed by atoms with van der Waals surface area (Å²) in [6.07, 6.45) is 8.51. The van der Waals surface area contributed by atoms with Crippen LogP contribution in [0.1, 0.15) is 51.2 Å². The van der Waals surface area contributed by atoms with Crippen molar-refractivity contribution in [1.82, 2.24) is 0 Å². The molecule has 9 rings (SSSR count). The Balaban J connectivity index is 0.000000188. The van der Waals surface area contributed by atoms with E-state index in [-0.39, 0.29) is 0 Å². The summed E-state index contributed by atoms with van der Waals surface area (Å²) in [4.78, 5) is 0. The van der Waals surface area contributed by atoms with Crippen molar-refractivity contribution < 1.29 is 0 Å². The van der Waals surface area contributed by atoms with E-state index in [1.807, 2.05) is 39.0 Å². The predicted molar refractivity (Wildman–Crippen MR) is 217 cm³/mol. The van der Waals surface area contributed by atoms with E-state index >= 15 is 0 Å². The molecule has 7 aromatic rings. The summed E-state index contributed by atoms with van der Waals surface area (Å²) < 4.78 is 0. The third-order valence-electron chi connectivity index (χ3n) is 9.24. The number of benzene rings is 7. The van der Waals surface area contributed by atoms with Gasteiger partial charge in [0.1, 0.15) is 0 Å². The molecule has 0 heteroatoms. The van der Waals surface area contributed by atoms with Gasteiger partial charge in [-0.25, -0.2) is 0 Å². The SMILES string of the molecule is C1=CC2=C(CC1)C2.C=C(C)c1ccccc1.CC.Cc1ccc(-c2c3ccccc3c(-c3ccc4ccccc4c3)c3ccccc23)cc1. The van der Waals surface area contributed by atoms with Crippen molar-refractivity contribution in [1.29, 1.82) is 0 Å². The molecular weight excluding hydrogens is 589 g/mol. The first-order valence-electron chi connectivity index (χ1n) is 17.6. The summed E-state index contributed by atoms with van der Waals surface area (Å²) in [5.74, 6) is 0. The largest absolute Gasteiger partial charge is 0.0955 e. The van der Waals surface area contributed by atoms with E-state index in [0.717, 1.165) is 5.57 Å². The highest BCUT2D eigenvalue weighted by Gasteiger charge is 2.19.